The molecule has 0 heterocycles. The number of aliphatic hydroxyl groups is 1. The van der Waals surface area contributed by atoms with E-state index in [1.807, 2.05) is 0 Å². The lowest BCUT2D eigenvalue weighted by molar-refractivity contribution is 0.0313. The molecule has 0 aromatic heterocycles. The maximum absolute atomic E-state index is 9.72. The predicted octanol–water partition coefficient (Wildman–Crippen LogP) is 1.55. The average Bonchev–Trinajstić information content (AvgIpc) is 2.98. The van der Waals surface area contributed by atoms with Gasteiger partial charge in [-0.25, -0.2) is 0 Å². The third kappa shape index (κ3) is 4.40. The molecule has 0 bridgehead atoms. The van der Waals surface area contributed by atoms with Crippen LogP contribution in [0.2, 0.25) is 0 Å². The molecule has 2 saturated carbocycles. The van der Waals surface area contributed by atoms with Crippen molar-refractivity contribution in [3.05, 3.63) is 0 Å². The Labute approximate surface area is 98.6 Å². The van der Waals surface area contributed by atoms with Crippen LogP contribution in [0.15, 0.2) is 0 Å². The summed E-state index contributed by atoms with van der Waals surface area (Å²) in [7, 11) is 0. The minimum atomic E-state index is -0.338. The molecule has 3 unspecified atom stereocenters. The highest BCUT2D eigenvalue weighted by Gasteiger charge is 2.23. The van der Waals surface area contributed by atoms with Gasteiger partial charge in [0.2, 0.25) is 0 Å². The zero-order chi connectivity index (χ0) is 11.4. The molecule has 0 aromatic rings. The topological polar surface area (TPSA) is 41.5 Å². The lowest BCUT2D eigenvalue weighted by Gasteiger charge is -2.16. The molecule has 0 radical (unpaired) electrons. The summed E-state index contributed by atoms with van der Waals surface area (Å²) in [6.07, 6.45) is 6.13. The zero-order valence-electron chi connectivity index (χ0n) is 10.3. The van der Waals surface area contributed by atoms with Crippen molar-refractivity contribution >= 4 is 0 Å². The van der Waals surface area contributed by atoms with E-state index in [9.17, 15) is 5.11 Å². The first-order valence-corrected chi connectivity index (χ1v) is 6.73. The van der Waals surface area contributed by atoms with Crippen molar-refractivity contribution in [2.75, 3.05) is 19.8 Å². The number of aliphatic hydroxyl groups excluding tert-OH is 1. The number of ether oxygens (including phenoxy) is 1. The van der Waals surface area contributed by atoms with Gasteiger partial charge in [0.15, 0.2) is 0 Å². The molecule has 2 aliphatic carbocycles. The third-order valence-corrected chi connectivity index (χ3v) is 3.70. The van der Waals surface area contributed by atoms with Crippen molar-refractivity contribution in [1.29, 1.82) is 0 Å². The number of nitrogens with one attached hydrogen (secondary N) is 1. The fourth-order valence-corrected chi connectivity index (χ4v) is 2.41. The fourth-order valence-electron chi connectivity index (χ4n) is 2.41. The molecule has 2 aliphatic rings. The molecule has 3 atom stereocenters. The molecule has 2 rings (SSSR count). The first-order chi connectivity index (χ1) is 7.74. The zero-order valence-corrected chi connectivity index (χ0v) is 10.3. The van der Waals surface area contributed by atoms with Crippen LogP contribution in [0.25, 0.3) is 0 Å². The van der Waals surface area contributed by atoms with Gasteiger partial charge in [0.1, 0.15) is 0 Å². The van der Waals surface area contributed by atoms with Crippen LogP contribution >= 0.6 is 0 Å². The van der Waals surface area contributed by atoms with Crippen molar-refractivity contribution in [1.82, 2.24) is 5.32 Å². The molecule has 2 N–H and O–H groups in total. The maximum atomic E-state index is 9.72. The van der Waals surface area contributed by atoms with Crippen molar-refractivity contribution < 1.29 is 9.84 Å². The Balaban J connectivity index is 1.47. The van der Waals surface area contributed by atoms with Crippen molar-refractivity contribution in [3.8, 4) is 0 Å². The second-order valence-electron chi connectivity index (χ2n) is 5.66. The normalized spacial score (nSPS) is 31.9. The predicted molar refractivity (Wildman–Crippen MR) is 64.4 cm³/mol. The van der Waals surface area contributed by atoms with Crippen LogP contribution in [-0.4, -0.2) is 37.0 Å². The Bertz CT molecular complexity index is 206. The van der Waals surface area contributed by atoms with Crippen molar-refractivity contribution in [2.45, 2.75) is 51.2 Å². The third-order valence-electron chi connectivity index (χ3n) is 3.70. The molecule has 0 amide bonds. The quantitative estimate of drug-likeness (QED) is 0.693. The van der Waals surface area contributed by atoms with Gasteiger partial charge in [-0.05, 0) is 43.9 Å². The van der Waals surface area contributed by atoms with E-state index in [4.69, 9.17) is 4.74 Å². The van der Waals surface area contributed by atoms with Gasteiger partial charge in [0.05, 0.1) is 12.7 Å². The van der Waals surface area contributed by atoms with E-state index in [0.717, 1.165) is 18.4 Å². The van der Waals surface area contributed by atoms with E-state index in [0.29, 0.717) is 19.2 Å². The minimum absolute atomic E-state index is 0.338. The minimum Gasteiger partial charge on any atom is -0.389 e. The summed E-state index contributed by atoms with van der Waals surface area (Å²) in [6.45, 7) is 4.32. The first-order valence-electron chi connectivity index (χ1n) is 6.73. The van der Waals surface area contributed by atoms with E-state index in [2.05, 4.69) is 12.2 Å². The van der Waals surface area contributed by atoms with Crippen LogP contribution in [0.3, 0.4) is 0 Å². The van der Waals surface area contributed by atoms with Crippen LogP contribution in [0, 0.1) is 11.8 Å². The molecule has 3 heteroatoms. The van der Waals surface area contributed by atoms with Gasteiger partial charge in [-0.2, -0.15) is 0 Å². The summed E-state index contributed by atoms with van der Waals surface area (Å²) in [6, 6.07) is 0.619. The smallest absolute Gasteiger partial charge is 0.0897 e. The van der Waals surface area contributed by atoms with Gasteiger partial charge >= 0.3 is 0 Å². The highest BCUT2D eigenvalue weighted by molar-refractivity contribution is 4.79. The fraction of sp³-hybridized carbons (Fsp3) is 1.00. The molecule has 0 aromatic carbocycles. The van der Waals surface area contributed by atoms with E-state index in [1.165, 1.54) is 32.1 Å². The SMILES string of the molecule is CC1CCC(NCC(O)COCC2CC2)C1. The Hall–Kier alpha value is -0.120. The summed E-state index contributed by atoms with van der Waals surface area (Å²) in [4.78, 5) is 0. The lowest BCUT2D eigenvalue weighted by Crippen LogP contribution is -2.36. The van der Waals surface area contributed by atoms with E-state index in [-0.39, 0.29) is 6.10 Å². The lowest BCUT2D eigenvalue weighted by atomic mass is 10.1. The van der Waals surface area contributed by atoms with Gasteiger partial charge < -0.3 is 15.2 Å². The second-order valence-corrected chi connectivity index (χ2v) is 5.66. The van der Waals surface area contributed by atoms with Crippen LogP contribution < -0.4 is 5.32 Å². The number of hydrogen-bond donors (Lipinski definition) is 2. The summed E-state index contributed by atoms with van der Waals surface area (Å²) < 4.78 is 5.47. The van der Waals surface area contributed by atoms with Crippen LogP contribution in [-0.2, 0) is 4.74 Å². The second kappa shape index (κ2) is 5.99. The van der Waals surface area contributed by atoms with Crippen LogP contribution in [0.1, 0.15) is 39.0 Å². The highest BCUT2D eigenvalue weighted by atomic mass is 16.5. The standard InChI is InChI=1S/C13H25NO2/c1-10-2-5-12(6-10)14-7-13(15)9-16-8-11-3-4-11/h10-15H,2-9H2,1H3. The van der Waals surface area contributed by atoms with E-state index in [1.54, 1.807) is 0 Å². The maximum Gasteiger partial charge on any atom is 0.0897 e. The summed E-state index contributed by atoms with van der Waals surface area (Å²) >= 11 is 0. The van der Waals surface area contributed by atoms with Gasteiger partial charge in [-0.15, -0.1) is 0 Å². The van der Waals surface area contributed by atoms with Gasteiger partial charge in [0.25, 0.3) is 0 Å². The largest absolute Gasteiger partial charge is 0.389 e. The molecule has 94 valence electrons. The molecule has 0 aliphatic heterocycles. The molecular formula is C13H25NO2. The summed E-state index contributed by atoms with van der Waals surface area (Å²) in [5.41, 5.74) is 0. The van der Waals surface area contributed by atoms with Crippen LogP contribution in [0.5, 0.6) is 0 Å². The highest BCUT2D eigenvalue weighted by Crippen LogP contribution is 2.28. The number of hydrogen-bond acceptors (Lipinski definition) is 3. The Morgan fingerprint density at radius 2 is 2.12 bits per heavy atom. The van der Waals surface area contributed by atoms with Crippen molar-refractivity contribution in [3.63, 3.8) is 0 Å². The molecule has 2 fully saturated rings. The Morgan fingerprint density at radius 1 is 1.31 bits per heavy atom. The molecule has 16 heavy (non-hydrogen) atoms. The molecule has 3 nitrogen and oxygen atoms in total. The summed E-state index contributed by atoms with van der Waals surface area (Å²) in [5.74, 6) is 1.64. The van der Waals surface area contributed by atoms with E-state index < -0.39 is 0 Å². The van der Waals surface area contributed by atoms with Crippen LogP contribution in [0.4, 0.5) is 0 Å². The molecule has 0 saturated heterocycles. The van der Waals surface area contributed by atoms with Gasteiger partial charge in [0, 0.05) is 19.2 Å². The molecular weight excluding hydrogens is 202 g/mol. The monoisotopic (exact) mass is 227 g/mol. The molecule has 0 spiro atoms. The number of rotatable bonds is 7. The Kier molecular flexibility index (Phi) is 4.62. The summed E-state index contributed by atoms with van der Waals surface area (Å²) in [5, 5.41) is 13.2. The first kappa shape index (κ1) is 12.3. The average molecular weight is 227 g/mol. The van der Waals surface area contributed by atoms with Gasteiger partial charge in [-0.1, -0.05) is 6.92 Å². The van der Waals surface area contributed by atoms with Gasteiger partial charge in [-0.3, -0.25) is 0 Å². The Morgan fingerprint density at radius 3 is 2.75 bits per heavy atom. The van der Waals surface area contributed by atoms with E-state index >= 15 is 0 Å². The van der Waals surface area contributed by atoms with Crippen molar-refractivity contribution in [2.24, 2.45) is 11.8 Å².